The van der Waals surface area contributed by atoms with E-state index in [0.717, 1.165) is 25.6 Å². The summed E-state index contributed by atoms with van der Waals surface area (Å²) in [6, 6.07) is 19.9. The standard InChI is InChI=1S/C26H18BrN3O4S3/c27-14-8-10-16(11-9-14)30-23(32)20-19(17-7-4-12-35-17)22-25(36-21(20)24(30)33)29(26(34)37-22)13-18(31)28-15-5-2-1-3-6-15/h1-12,19-21H,13H2,(H,28,31)/t19-,20?,21?/m1/s1. The second kappa shape index (κ2) is 9.71. The number of hydrogen-bond donors (Lipinski definition) is 1. The molecule has 0 radical (unpaired) electrons. The molecule has 0 spiro atoms. The average Bonchev–Trinajstić information content (AvgIpc) is 3.58. The topological polar surface area (TPSA) is 88.5 Å². The Labute approximate surface area is 232 Å². The Bertz CT molecular complexity index is 1560. The predicted molar refractivity (Wildman–Crippen MR) is 150 cm³/mol. The van der Waals surface area contributed by atoms with Gasteiger partial charge in [0.15, 0.2) is 0 Å². The summed E-state index contributed by atoms with van der Waals surface area (Å²) in [5, 5.41) is 4.62. The summed E-state index contributed by atoms with van der Waals surface area (Å²) >= 11 is 7.15. The molecule has 0 bridgehead atoms. The molecule has 186 valence electrons. The third kappa shape index (κ3) is 4.29. The molecule has 0 saturated carbocycles. The van der Waals surface area contributed by atoms with Gasteiger partial charge < -0.3 is 5.32 Å². The first-order valence-electron chi connectivity index (χ1n) is 11.3. The Hall–Kier alpha value is -2.99. The van der Waals surface area contributed by atoms with Crippen LogP contribution in [0.25, 0.3) is 0 Å². The molecule has 3 atom stereocenters. The molecule has 4 heterocycles. The number of amides is 3. The van der Waals surface area contributed by atoms with Gasteiger partial charge in [-0.15, -0.1) is 11.3 Å². The molecule has 11 heteroatoms. The summed E-state index contributed by atoms with van der Waals surface area (Å²) in [4.78, 5) is 56.0. The maximum absolute atomic E-state index is 13.8. The van der Waals surface area contributed by atoms with Crippen LogP contribution in [0.5, 0.6) is 0 Å². The molecule has 2 aliphatic heterocycles. The number of carbonyl (C=O) groups excluding carboxylic acids is 3. The van der Waals surface area contributed by atoms with Crippen LogP contribution in [0, 0.1) is 5.92 Å². The highest BCUT2D eigenvalue weighted by atomic mass is 79.9. The number of para-hydroxylation sites is 1. The number of aromatic nitrogens is 1. The molecule has 3 amide bonds. The van der Waals surface area contributed by atoms with Gasteiger partial charge in [-0.25, -0.2) is 4.90 Å². The molecule has 2 aromatic carbocycles. The Morgan fingerprint density at radius 3 is 2.41 bits per heavy atom. The van der Waals surface area contributed by atoms with Gasteiger partial charge in [0.25, 0.3) is 0 Å². The summed E-state index contributed by atoms with van der Waals surface area (Å²) in [5.41, 5.74) is 1.15. The largest absolute Gasteiger partial charge is 0.325 e. The van der Waals surface area contributed by atoms with Crippen LogP contribution in [0.4, 0.5) is 11.4 Å². The minimum atomic E-state index is -0.701. The monoisotopic (exact) mass is 611 g/mol. The van der Waals surface area contributed by atoms with Gasteiger partial charge in [-0.1, -0.05) is 63.3 Å². The van der Waals surface area contributed by atoms with Crippen molar-refractivity contribution in [1.29, 1.82) is 0 Å². The van der Waals surface area contributed by atoms with E-state index < -0.39 is 17.1 Å². The van der Waals surface area contributed by atoms with Crippen LogP contribution < -0.4 is 15.1 Å². The number of fused-ring (bicyclic) bond motifs is 2. The summed E-state index contributed by atoms with van der Waals surface area (Å²) in [7, 11) is 0. The summed E-state index contributed by atoms with van der Waals surface area (Å²) in [6.07, 6.45) is 0. The van der Waals surface area contributed by atoms with E-state index in [1.807, 2.05) is 35.7 Å². The lowest BCUT2D eigenvalue weighted by molar-refractivity contribution is -0.122. The van der Waals surface area contributed by atoms with E-state index in [1.54, 1.807) is 36.4 Å². The van der Waals surface area contributed by atoms with Gasteiger partial charge in [0.05, 0.1) is 16.6 Å². The molecule has 1 fully saturated rings. The van der Waals surface area contributed by atoms with Crippen LogP contribution in [0.2, 0.25) is 0 Å². The molecule has 37 heavy (non-hydrogen) atoms. The highest BCUT2D eigenvalue weighted by molar-refractivity contribution is 9.10. The smallest absolute Gasteiger partial charge is 0.308 e. The van der Waals surface area contributed by atoms with Crippen LogP contribution in [0.15, 0.2) is 86.4 Å². The fourth-order valence-electron chi connectivity index (χ4n) is 4.74. The molecular formula is C26H18BrN3O4S3. The molecule has 2 aliphatic rings. The molecule has 2 unspecified atom stereocenters. The zero-order valence-electron chi connectivity index (χ0n) is 19.0. The van der Waals surface area contributed by atoms with Crippen LogP contribution in [0.1, 0.15) is 15.7 Å². The van der Waals surface area contributed by atoms with Gasteiger partial charge in [-0.2, -0.15) is 0 Å². The van der Waals surface area contributed by atoms with Gasteiger partial charge in [0.2, 0.25) is 17.7 Å². The van der Waals surface area contributed by atoms with Gasteiger partial charge in [0.1, 0.15) is 11.8 Å². The molecule has 0 aliphatic carbocycles. The Morgan fingerprint density at radius 2 is 1.70 bits per heavy atom. The second-order valence-electron chi connectivity index (χ2n) is 8.58. The van der Waals surface area contributed by atoms with Crippen LogP contribution >= 0.6 is 50.4 Å². The number of benzene rings is 2. The minimum absolute atomic E-state index is 0.181. The zero-order chi connectivity index (χ0) is 25.7. The quantitative estimate of drug-likeness (QED) is 0.315. The van der Waals surface area contributed by atoms with Crippen molar-refractivity contribution in [2.45, 2.75) is 22.7 Å². The average molecular weight is 613 g/mol. The SMILES string of the molecule is O=C(Cn1c2c(sc1=O)[C@H](c1cccs1)C1C(=O)N(c3ccc(Br)cc3)C(=O)C1S2)Nc1ccccc1. The maximum Gasteiger partial charge on any atom is 0.308 e. The van der Waals surface area contributed by atoms with Crippen molar-refractivity contribution in [1.82, 2.24) is 4.57 Å². The van der Waals surface area contributed by atoms with Crippen molar-refractivity contribution in [2.24, 2.45) is 5.92 Å². The van der Waals surface area contributed by atoms with Crippen molar-refractivity contribution in [2.75, 3.05) is 10.2 Å². The summed E-state index contributed by atoms with van der Waals surface area (Å²) in [6.45, 7) is -0.181. The van der Waals surface area contributed by atoms with E-state index in [-0.39, 0.29) is 29.1 Å². The van der Waals surface area contributed by atoms with Crippen molar-refractivity contribution in [3.8, 4) is 0 Å². The van der Waals surface area contributed by atoms with E-state index in [9.17, 15) is 19.2 Å². The second-order valence-corrected chi connectivity index (χ2v) is 12.6. The highest BCUT2D eigenvalue weighted by Crippen LogP contribution is 2.54. The van der Waals surface area contributed by atoms with Crippen molar-refractivity contribution in [3.05, 3.63) is 96.0 Å². The molecule has 2 aromatic heterocycles. The summed E-state index contributed by atoms with van der Waals surface area (Å²) in [5.74, 6) is -2.00. The predicted octanol–water partition coefficient (Wildman–Crippen LogP) is 5.17. The number of carbonyl (C=O) groups is 3. The first kappa shape index (κ1) is 24.4. The van der Waals surface area contributed by atoms with E-state index in [0.29, 0.717) is 16.4 Å². The van der Waals surface area contributed by atoms with E-state index in [2.05, 4.69) is 21.2 Å². The molecule has 4 aromatic rings. The normalized spacial score (nSPS) is 20.6. The lowest BCUT2D eigenvalue weighted by Gasteiger charge is -2.29. The summed E-state index contributed by atoms with van der Waals surface area (Å²) < 4.78 is 2.28. The van der Waals surface area contributed by atoms with Gasteiger partial charge in [-0.3, -0.25) is 23.7 Å². The number of imide groups is 1. The first-order valence-corrected chi connectivity index (χ1v) is 14.7. The van der Waals surface area contributed by atoms with E-state index in [4.69, 9.17) is 0 Å². The van der Waals surface area contributed by atoms with Gasteiger partial charge >= 0.3 is 4.87 Å². The third-order valence-corrected chi connectivity index (χ3v) is 10.4. The van der Waals surface area contributed by atoms with Gasteiger partial charge in [0, 0.05) is 25.8 Å². The lowest BCUT2D eigenvalue weighted by Crippen LogP contribution is -2.32. The molecule has 7 nitrogen and oxygen atoms in total. The number of halogens is 1. The number of nitrogens with one attached hydrogen (secondary N) is 1. The number of rotatable bonds is 5. The maximum atomic E-state index is 13.8. The first-order chi connectivity index (χ1) is 17.9. The Balaban J connectivity index is 1.39. The number of anilines is 2. The molecule has 1 N–H and O–H groups in total. The number of nitrogens with zero attached hydrogens (tertiary/aromatic N) is 2. The number of hydrogen-bond acceptors (Lipinski definition) is 7. The van der Waals surface area contributed by atoms with Crippen LogP contribution in [0.3, 0.4) is 0 Å². The molecular weight excluding hydrogens is 594 g/mol. The van der Waals surface area contributed by atoms with E-state index >= 15 is 0 Å². The van der Waals surface area contributed by atoms with Crippen molar-refractivity contribution in [3.63, 3.8) is 0 Å². The minimum Gasteiger partial charge on any atom is -0.325 e. The highest BCUT2D eigenvalue weighted by Gasteiger charge is 2.57. The van der Waals surface area contributed by atoms with Crippen molar-refractivity contribution < 1.29 is 14.4 Å². The fourth-order valence-corrected chi connectivity index (χ4v) is 8.73. The zero-order valence-corrected chi connectivity index (χ0v) is 23.0. The Morgan fingerprint density at radius 1 is 0.946 bits per heavy atom. The van der Waals surface area contributed by atoms with Gasteiger partial charge in [-0.05, 0) is 47.8 Å². The number of thioether (sulfide) groups is 1. The van der Waals surface area contributed by atoms with Crippen LogP contribution in [-0.4, -0.2) is 27.5 Å². The third-order valence-electron chi connectivity index (χ3n) is 6.34. The molecule has 6 rings (SSSR count). The lowest BCUT2D eigenvalue weighted by atomic mass is 9.87. The number of thiazole rings is 1. The van der Waals surface area contributed by atoms with Crippen LogP contribution in [-0.2, 0) is 20.9 Å². The number of thiophene rings is 1. The van der Waals surface area contributed by atoms with E-state index in [1.165, 1.54) is 32.6 Å². The fraction of sp³-hybridized carbons (Fsp3) is 0.154. The Kier molecular flexibility index (Phi) is 6.39. The van der Waals surface area contributed by atoms with Crippen molar-refractivity contribution >= 4 is 79.5 Å². The molecule has 1 saturated heterocycles.